The Balaban J connectivity index is 1.46. The van der Waals surface area contributed by atoms with Gasteiger partial charge in [-0.15, -0.1) is 0 Å². The average molecular weight is 547 g/mol. The number of azide groups is 1. The number of nitrogens with one attached hydrogen (secondary N) is 3. The minimum Gasteiger partial charge on any atom is -0.468 e. The van der Waals surface area contributed by atoms with Crippen LogP contribution in [0.15, 0.2) is 51.4 Å². The number of methoxy groups -OCH3 is 1. The number of aromatic amines is 2. The highest BCUT2D eigenvalue weighted by Gasteiger charge is 2.39. The smallest absolute Gasteiger partial charge is 0.403 e. The summed E-state index contributed by atoms with van der Waals surface area (Å²) in [5.41, 5.74) is 9.50. The second-order valence-electron chi connectivity index (χ2n) is 8.70. The molecule has 1 aliphatic heterocycles. The number of hydrogen-bond donors (Lipinski definition) is 4. The van der Waals surface area contributed by atoms with E-state index < -0.39 is 56.0 Å². The summed E-state index contributed by atoms with van der Waals surface area (Å²) >= 11 is 0. The van der Waals surface area contributed by atoms with Crippen LogP contribution in [0.4, 0.5) is 0 Å². The standard InChI is InChI=1S/C22H26N7O8P/c1-12-10-29(22(32)25-20(12)30)19-8-16(26-28-23)18(37-19)11-36-38(33,34)27-17(21(31)35-2)7-13-9-24-15-6-4-3-5-14(13)15/h3-6,9-10,16-19,24H,7-8,11H2,1-2H3,(H,25,30,32)(H2,27,33,34)/t16?,17-,18?,19?/m1/s1. The van der Waals surface area contributed by atoms with Gasteiger partial charge in [-0.05, 0) is 24.1 Å². The van der Waals surface area contributed by atoms with Crippen molar-refractivity contribution in [2.45, 2.75) is 44.2 Å². The van der Waals surface area contributed by atoms with Crippen LogP contribution >= 0.6 is 7.75 Å². The van der Waals surface area contributed by atoms with Crippen LogP contribution in [0.25, 0.3) is 21.3 Å². The Labute approximate surface area is 214 Å². The van der Waals surface area contributed by atoms with Crippen LogP contribution in [0.5, 0.6) is 0 Å². The van der Waals surface area contributed by atoms with Crippen molar-refractivity contribution in [2.75, 3.05) is 13.7 Å². The highest BCUT2D eigenvalue weighted by molar-refractivity contribution is 7.50. The monoisotopic (exact) mass is 547 g/mol. The second kappa shape index (κ2) is 11.4. The van der Waals surface area contributed by atoms with Crippen molar-refractivity contribution in [1.29, 1.82) is 0 Å². The normalized spacial score (nSPS) is 21.5. The van der Waals surface area contributed by atoms with Crippen LogP contribution in [0.2, 0.25) is 0 Å². The number of esters is 1. The zero-order chi connectivity index (χ0) is 27.4. The first kappa shape index (κ1) is 27.3. The number of para-hydroxylation sites is 1. The van der Waals surface area contributed by atoms with E-state index in [0.29, 0.717) is 0 Å². The third kappa shape index (κ3) is 6.05. The Bertz CT molecular complexity index is 1540. The molecule has 5 atom stereocenters. The van der Waals surface area contributed by atoms with E-state index in [-0.39, 0.29) is 18.4 Å². The van der Waals surface area contributed by atoms with Gasteiger partial charge in [0.25, 0.3) is 5.56 Å². The number of carbonyl (C=O) groups is 1. The Morgan fingerprint density at radius 2 is 2.18 bits per heavy atom. The van der Waals surface area contributed by atoms with Crippen molar-refractivity contribution in [2.24, 2.45) is 5.11 Å². The molecular formula is C22H26N7O8P. The van der Waals surface area contributed by atoms with Crippen LogP contribution in [0, 0.1) is 6.92 Å². The maximum Gasteiger partial charge on any atom is 0.403 e. The van der Waals surface area contributed by atoms with Gasteiger partial charge in [-0.1, -0.05) is 23.3 Å². The first-order chi connectivity index (χ1) is 18.1. The molecule has 15 nitrogen and oxygen atoms in total. The second-order valence-corrected chi connectivity index (χ2v) is 10.3. The van der Waals surface area contributed by atoms with Crippen molar-refractivity contribution < 1.29 is 28.3 Å². The average Bonchev–Trinajstić information content (AvgIpc) is 3.48. The van der Waals surface area contributed by atoms with Gasteiger partial charge in [0.1, 0.15) is 12.3 Å². The zero-order valence-electron chi connectivity index (χ0n) is 20.4. The van der Waals surface area contributed by atoms with Crippen molar-refractivity contribution in [3.05, 3.63) is 79.1 Å². The lowest BCUT2D eigenvalue weighted by Gasteiger charge is -2.22. The lowest BCUT2D eigenvalue weighted by atomic mass is 10.1. The fourth-order valence-corrected chi connectivity index (χ4v) is 5.29. The maximum atomic E-state index is 12.9. The number of aryl methyl sites for hydroxylation is 1. The van der Waals surface area contributed by atoms with Gasteiger partial charge in [0.2, 0.25) is 0 Å². The molecule has 16 heteroatoms. The SMILES string of the molecule is COC(=O)[C@@H](Cc1c[nH]c2ccccc12)NP(=O)(O)OCC1OC(n2cc(C)c(=O)[nH]c2=O)CC1N=[N+]=[N-]. The summed E-state index contributed by atoms with van der Waals surface area (Å²) in [6.45, 7) is 1.01. The summed E-state index contributed by atoms with van der Waals surface area (Å²) in [7, 11) is -3.44. The molecule has 0 saturated carbocycles. The van der Waals surface area contributed by atoms with Gasteiger partial charge in [-0.2, -0.15) is 0 Å². The molecule has 0 aliphatic carbocycles. The van der Waals surface area contributed by atoms with E-state index in [0.717, 1.165) is 28.1 Å². The first-order valence-electron chi connectivity index (χ1n) is 11.5. The van der Waals surface area contributed by atoms with Crippen LogP contribution in [-0.4, -0.2) is 57.3 Å². The van der Waals surface area contributed by atoms with E-state index in [1.54, 1.807) is 6.20 Å². The van der Waals surface area contributed by atoms with Gasteiger partial charge in [0.15, 0.2) is 0 Å². The van der Waals surface area contributed by atoms with Crippen molar-refractivity contribution >= 4 is 24.6 Å². The van der Waals surface area contributed by atoms with Gasteiger partial charge in [0, 0.05) is 46.6 Å². The topological polar surface area (TPSA) is 213 Å². The highest BCUT2D eigenvalue weighted by Crippen LogP contribution is 2.40. The van der Waals surface area contributed by atoms with Gasteiger partial charge in [-0.3, -0.25) is 23.7 Å². The number of rotatable bonds is 10. The Morgan fingerprint density at radius 1 is 1.42 bits per heavy atom. The Morgan fingerprint density at radius 3 is 2.92 bits per heavy atom. The largest absolute Gasteiger partial charge is 0.468 e. The molecule has 4 unspecified atom stereocenters. The molecule has 0 spiro atoms. The molecule has 0 radical (unpaired) electrons. The number of H-pyrrole nitrogens is 2. The molecular weight excluding hydrogens is 521 g/mol. The molecule has 4 rings (SSSR count). The van der Waals surface area contributed by atoms with E-state index in [2.05, 4.69) is 25.1 Å². The molecule has 1 aliphatic rings. The first-order valence-corrected chi connectivity index (χ1v) is 13.1. The number of benzene rings is 1. The summed E-state index contributed by atoms with van der Waals surface area (Å²) in [6, 6.07) is 5.33. The lowest BCUT2D eigenvalue weighted by Crippen LogP contribution is -2.38. The van der Waals surface area contributed by atoms with Crippen molar-refractivity contribution in [3.8, 4) is 0 Å². The van der Waals surface area contributed by atoms with Crippen LogP contribution < -0.4 is 16.3 Å². The van der Waals surface area contributed by atoms with Gasteiger partial charge >= 0.3 is 19.4 Å². The summed E-state index contributed by atoms with van der Waals surface area (Å²) in [6.07, 6.45) is 1.18. The molecule has 4 N–H and O–H groups in total. The molecule has 0 bridgehead atoms. The van der Waals surface area contributed by atoms with Crippen LogP contribution in [0.1, 0.15) is 23.8 Å². The fraction of sp³-hybridized carbons (Fsp3) is 0.409. The molecule has 1 aromatic carbocycles. The van der Waals surface area contributed by atoms with Crippen molar-refractivity contribution in [3.63, 3.8) is 0 Å². The quantitative estimate of drug-likeness (QED) is 0.0955. The van der Waals surface area contributed by atoms with Crippen LogP contribution in [0.3, 0.4) is 0 Å². The maximum absolute atomic E-state index is 12.9. The van der Waals surface area contributed by atoms with Gasteiger partial charge in [0.05, 0.1) is 25.9 Å². The molecule has 0 amide bonds. The molecule has 2 aromatic heterocycles. The predicted molar refractivity (Wildman–Crippen MR) is 134 cm³/mol. The van der Waals surface area contributed by atoms with Crippen LogP contribution in [-0.2, 0) is 29.8 Å². The number of nitrogens with zero attached hydrogens (tertiary/aromatic N) is 4. The van der Waals surface area contributed by atoms with E-state index in [1.807, 2.05) is 24.3 Å². The van der Waals surface area contributed by atoms with E-state index in [1.165, 1.54) is 13.1 Å². The molecule has 1 saturated heterocycles. The third-order valence-corrected chi connectivity index (χ3v) is 7.31. The predicted octanol–water partition coefficient (Wildman–Crippen LogP) is 1.78. The molecule has 1 fully saturated rings. The van der Waals surface area contributed by atoms with E-state index in [4.69, 9.17) is 19.5 Å². The zero-order valence-corrected chi connectivity index (χ0v) is 21.3. The minimum absolute atomic E-state index is 0.0302. The fourth-order valence-electron chi connectivity index (χ4n) is 4.28. The summed E-state index contributed by atoms with van der Waals surface area (Å²) in [4.78, 5) is 54.8. The van der Waals surface area contributed by atoms with Gasteiger partial charge in [-0.25, -0.2) is 14.4 Å². The molecule has 3 aromatic rings. The van der Waals surface area contributed by atoms with Gasteiger partial charge < -0.3 is 19.4 Å². The Hall–Kier alpha value is -3.71. The Kier molecular flexibility index (Phi) is 8.17. The summed E-state index contributed by atoms with van der Waals surface area (Å²) < 4.78 is 29.8. The molecule has 38 heavy (non-hydrogen) atoms. The third-order valence-electron chi connectivity index (χ3n) is 6.18. The number of hydrogen-bond acceptors (Lipinski definition) is 8. The number of fused-ring (bicyclic) bond motifs is 1. The highest BCUT2D eigenvalue weighted by atomic mass is 31.2. The minimum atomic E-state index is -4.60. The number of ether oxygens (including phenoxy) is 2. The van der Waals surface area contributed by atoms with E-state index in [9.17, 15) is 23.8 Å². The number of carbonyl (C=O) groups excluding carboxylic acids is 1. The lowest BCUT2D eigenvalue weighted by molar-refractivity contribution is -0.142. The van der Waals surface area contributed by atoms with Crippen molar-refractivity contribution in [1.82, 2.24) is 19.6 Å². The summed E-state index contributed by atoms with van der Waals surface area (Å²) in [5, 5.41) is 6.82. The molecule has 3 heterocycles. The number of aromatic nitrogens is 3. The summed E-state index contributed by atoms with van der Waals surface area (Å²) in [5.74, 6) is -0.773. The molecule has 202 valence electrons. The van der Waals surface area contributed by atoms with E-state index >= 15 is 0 Å².